The normalized spacial score (nSPS) is 15.0. The summed E-state index contributed by atoms with van der Waals surface area (Å²) in [5.41, 5.74) is 3.19. The number of nitrogens with one attached hydrogen (secondary N) is 1. The molecule has 0 spiro atoms. The minimum Gasteiger partial charge on any atom is -0.497 e. The second-order valence-corrected chi connectivity index (χ2v) is 10.8. The maximum absolute atomic E-state index is 13.3. The van der Waals surface area contributed by atoms with Crippen LogP contribution in [-0.4, -0.2) is 63.0 Å². The van der Waals surface area contributed by atoms with Crippen molar-refractivity contribution in [2.75, 3.05) is 46.4 Å². The van der Waals surface area contributed by atoms with Gasteiger partial charge >= 0.3 is 0 Å². The number of nitrogens with zero attached hydrogens (tertiary/aromatic N) is 2. The van der Waals surface area contributed by atoms with Crippen LogP contribution in [-0.2, 0) is 14.3 Å². The van der Waals surface area contributed by atoms with E-state index in [-0.39, 0.29) is 18.4 Å². The van der Waals surface area contributed by atoms with Gasteiger partial charge in [0.25, 0.3) is 11.8 Å². The zero-order chi connectivity index (χ0) is 29.4. The number of halogens is 1. The monoisotopic (exact) mass is 639 g/mol. The van der Waals surface area contributed by atoms with Crippen LogP contribution < -0.4 is 19.5 Å². The molecule has 3 aromatic rings. The van der Waals surface area contributed by atoms with E-state index in [1.54, 1.807) is 37.3 Å². The molecule has 0 aliphatic carbocycles. The van der Waals surface area contributed by atoms with Gasteiger partial charge in [0.15, 0.2) is 23.3 Å². The summed E-state index contributed by atoms with van der Waals surface area (Å²) in [7, 11) is 4.70. The Bertz CT molecular complexity index is 1460. The largest absolute Gasteiger partial charge is 0.497 e. The van der Waals surface area contributed by atoms with Gasteiger partial charge in [-0.1, -0.05) is 17.7 Å². The number of benzene rings is 3. The van der Waals surface area contributed by atoms with E-state index in [2.05, 4.69) is 21.2 Å². The fourth-order valence-electron chi connectivity index (χ4n) is 3.82. The van der Waals surface area contributed by atoms with Gasteiger partial charge in [0.2, 0.25) is 0 Å². The van der Waals surface area contributed by atoms with Crippen LogP contribution in [0.3, 0.4) is 0 Å². The van der Waals surface area contributed by atoms with Gasteiger partial charge in [-0.05, 0) is 94.8 Å². The molecule has 1 aliphatic rings. The Morgan fingerprint density at radius 3 is 2.44 bits per heavy atom. The van der Waals surface area contributed by atoms with Crippen LogP contribution in [0.2, 0.25) is 0 Å². The van der Waals surface area contributed by atoms with Gasteiger partial charge in [-0.25, -0.2) is 4.99 Å². The number of methoxy groups -OCH3 is 3. The van der Waals surface area contributed by atoms with Crippen LogP contribution in [0.15, 0.2) is 75.0 Å². The Balaban J connectivity index is 1.52. The van der Waals surface area contributed by atoms with Crippen molar-refractivity contribution < 1.29 is 28.5 Å². The second-order valence-electron chi connectivity index (χ2n) is 8.89. The molecule has 1 aliphatic heterocycles. The van der Waals surface area contributed by atoms with Crippen LogP contribution in [0.25, 0.3) is 6.08 Å². The molecule has 0 radical (unpaired) electrons. The fourth-order valence-corrected chi connectivity index (χ4v) is 5.42. The molecule has 0 aromatic heterocycles. The van der Waals surface area contributed by atoms with Crippen LogP contribution in [0.4, 0.5) is 11.4 Å². The lowest BCUT2D eigenvalue weighted by Crippen LogP contribution is -2.32. The van der Waals surface area contributed by atoms with Gasteiger partial charge in [-0.3, -0.25) is 14.5 Å². The predicted molar refractivity (Wildman–Crippen MR) is 165 cm³/mol. The molecule has 9 nitrogen and oxygen atoms in total. The molecule has 0 saturated carbocycles. The molecule has 4 rings (SSSR count). The zero-order valence-electron chi connectivity index (χ0n) is 23.1. The first-order chi connectivity index (χ1) is 19.8. The van der Waals surface area contributed by atoms with E-state index in [1.165, 1.54) is 18.9 Å². The molecule has 11 heteroatoms. The number of carbonyl (C=O) groups excluding carboxylic acids is 2. The Morgan fingerprint density at radius 2 is 1.78 bits per heavy atom. The van der Waals surface area contributed by atoms with Crippen molar-refractivity contribution in [2.45, 2.75) is 6.92 Å². The maximum Gasteiger partial charge on any atom is 0.266 e. The molecular formula is C30H30BrN3O6S. The van der Waals surface area contributed by atoms with Crippen LogP contribution in [0, 0.1) is 6.92 Å². The molecule has 1 N–H and O–H groups in total. The van der Waals surface area contributed by atoms with Crippen molar-refractivity contribution in [3.63, 3.8) is 0 Å². The lowest BCUT2D eigenvalue weighted by molar-refractivity contribution is -0.122. The highest BCUT2D eigenvalue weighted by atomic mass is 79.9. The molecule has 2 amide bonds. The third-order valence-electron chi connectivity index (χ3n) is 5.94. The summed E-state index contributed by atoms with van der Waals surface area (Å²) in [5, 5.41) is 3.36. The van der Waals surface area contributed by atoms with Gasteiger partial charge in [0.1, 0.15) is 5.75 Å². The maximum atomic E-state index is 13.3. The van der Waals surface area contributed by atoms with E-state index >= 15 is 0 Å². The molecule has 3 aromatic carbocycles. The van der Waals surface area contributed by atoms with Gasteiger partial charge in [-0.15, -0.1) is 0 Å². The summed E-state index contributed by atoms with van der Waals surface area (Å²) in [4.78, 5) is 32.6. The standard InChI is InChI=1S/C30H30BrN3O6S/c1-19-5-7-21(8-6-19)32-27(35)18-40-28-24(31)15-20(16-25(28)39-4)17-26-29(36)34(13-14-37-2)30(41-26)33-22-9-11-23(38-3)12-10-22/h5-12,15-17H,13-14,18H2,1-4H3,(H,32,35)/b26-17-,33-30?. The van der Waals surface area contributed by atoms with E-state index in [1.807, 2.05) is 55.5 Å². The first-order valence-electron chi connectivity index (χ1n) is 12.6. The number of amides is 2. The quantitative estimate of drug-likeness (QED) is 0.255. The number of anilines is 1. The number of aryl methyl sites for hydroxylation is 1. The zero-order valence-corrected chi connectivity index (χ0v) is 25.5. The molecule has 1 heterocycles. The smallest absolute Gasteiger partial charge is 0.266 e. The lowest BCUT2D eigenvalue weighted by atomic mass is 10.2. The van der Waals surface area contributed by atoms with Gasteiger partial charge in [0, 0.05) is 12.8 Å². The van der Waals surface area contributed by atoms with E-state index in [4.69, 9.17) is 23.9 Å². The van der Waals surface area contributed by atoms with E-state index in [9.17, 15) is 9.59 Å². The summed E-state index contributed by atoms with van der Waals surface area (Å²) >= 11 is 4.80. The number of rotatable bonds is 11. The molecular weight excluding hydrogens is 610 g/mol. The highest BCUT2D eigenvalue weighted by Crippen LogP contribution is 2.39. The molecule has 0 unspecified atom stereocenters. The average Bonchev–Trinajstić information content (AvgIpc) is 3.25. The summed E-state index contributed by atoms with van der Waals surface area (Å²) < 4.78 is 22.3. The van der Waals surface area contributed by atoms with Crippen molar-refractivity contribution >= 4 is 62.1 Å². The minimum atomic E-state index is -0.304. The second kappa shape index (κ2) is 14.2. The number of hydrogen-bond acceptors (Lipinski definition) is 8. The number of ether oxygens (including phenoxy) is 4. The van der Waals surface area contributed by atoms with Crippen LogP contribution in [0.1, 0.15) is 11.1 Å². The summed E-state index contributed by atoms with van der Waals surface area (Å²) in [6, 6.07) is 18.3. The van der Waals surface area contributed by atoms with E-state index < -0.39 is 0 Å². The number of aliphatic imine (C=N–C) groups is 1. The summed E-state index contributed by atoms with van der Waals surface area (Å²) in [6.45, 7) is 2.49. The van der Waals surface area contributed by atoms with Gasteiger partial charge < -0.3 is 24.3 Å². The predicted octanol–water partition coefficient (Wildman–Crippen LogP) is 6.04. The third kappa shape index (κ3) is 7.90. The number of carbonyl (C=O) groups is 2. The van der Waals surface area contributed by atoms with Crippen LogP contribution >= 0.6 is 27.7 Å². The third-order valence-corrected chi connectivity index (χ3v) is 7.53. The SMILES string of the molecule is COCCN1C(=O)/C(=C/c2cc(Br)c(OCC(=O)Nc3ccc(C)cc3)c(OC)c2)SC1=Nc1ccc(OC)cc1. The Labute approximate surface area is 251 Å². The molecule has 1 fully saturated rings. The van der Waals surface area contributed by atoms with Crippen molar-refractivity contribution in [3.05, 3.63) is 81.2 Å². The molecule has 0 atom stereocenters. The number of amidine groups is 1. The minimum absolute atomic E-state index is 0.178. The van der Waals surface area contributed by atoms with Crippen LogP contribution in [0.5, 0.6) is 17.2 Å². The van der Waals surface area contributed by atoms with Gasteiger partial charge in [0.05, 0.1) is 42.4 Å². The van der Waals surface area contributed by atoms with Crippen molar-refractivity contribution in [1.82, 2.24) is 4.90 Å². The Hall–Kier alpha value is -3.80. The lowest BCUT2D eigenvalue weighted by Gasteiger charge is -2.15. The van der Waals surface area contributed by atoms with Crippen molar-refractivity contribution in [3.8, 4) is 17.2 Å². The molecule has 41 heavy (non-hydrogen) atoms. The summed E-state index contributed by atoms with van der Waals surface area (Å²) in [6.07, 6.45) is 1.77. The number of thioether (sulfide) groups is 1. The molecule has 0 bridgehead atoms. The van der Waals surface area contributed by atoms with Crippen molar-refractivity contribution in [2.24, 2.45) is 4.99 Å². The highest BCUT2D eigenvalue weighted by Gasteiger charge is 2.33. The topological polar surface area (TPSA) is 98.7 Å². The summed E-state index contributed by atoms with van der Waals surface area (Å²) in [5.74, 6) is 1.03. The highest BCUT2D eigenvalue weighted by molar-refractivity contribution is 9.10. The molecule has 1 saturated heterocycles. The number of hydrogen-bond donors (Lipinski definition) is 1. The fraction of sp³-hybridized carbons (Fsp3) is 0.233. The average molecular weight is 641 g/mol. The Kier molecular flexibility index (Phi) is 10.4. The first kappa shape index (κ1) is 30.2. The first-order valence-corrected chi connectivity index (χ1v) is 14.2. The van der Waals surface area contributed by atoms with Crippen molar-refractivity contribution in [1.29, 1.82) is 0 Å². The van der Waals surface area contributed by atoms with E-state index in [0.717, 1.165) is 11.3 Å². The molecule has 214 valence electrons. The van der Waals surface area contributed by atoms with E-state index in [0.29, 0.717) is 56.1 Å². The Morgan fingerprint density at radius 1 is 1.05 bits per heavy atom. The van der Waals surface area contributed by atoms with Gasteiger partial charge in [-0.2, -0.15) is 0 Å².